The summed E-state index contributed by atoms with van der Waals surface area (Å²) in [5.41, 5.74) is 1.37. The number of aromatic hydroxyl groups is 1. The van der Waals surface area contributed by atoms with E-state index >= 15 is 0 Å². The number of carbonyl (C=O) groups is 3. The van der Waals surface area contributed by atoms with E-state index in [0.29, 0.717) is 11.3 Å². The average molecular weight is 327 g/mol. The van der Waals surface area contributed by atoms with Gasteiger partial charge in [0.05, 0.1) is 11.3 Å². The van der Waals surface area contributed by atoms with Crippen molar-refractivity contribution < 1.29 is 19.5 Å². The van der Waals surface area contributed by atoms with Gasteiger partial charge in [0.1, 0.15) is 5.75 Å². The van der Waals surface area contributed by atoms with Gasteiger partial charge in [-0.05, 0) is 42.5 Å². The Morgan fingerprint density at radius 1 is 0.917 bits per heavy atom. The van der Waals surface area contributed by atoms with Crippen molar-refractivity contribution in [2.75, 3.05) is 17.7 Å². The van der Waals surface area contributed by atoms with Crippen LogP contribution in [0, 0.1) is 0 Å². The molecule has 0 bridgehead atoms. The molecule has 0 saturated carbocycles. The van der Waals surface area contributed by atoms with Crippen molar-refractivity contribution in [2.24, 2.45) is 0 Å². The van der Waals surface area contributed by atoms with E-state index in [-0.39, 0.29) is 22.9 Å². The third kappa shape index (κ3) is 4.10. The van der Waals surface area contributed by atoms with Gasteiger partial charge in [-0.1, -0.05) is 0 Å². The van der Waals surface area contributed by atoms with E-state index < -0.39 is 11.8 Å². The minimum absolute atomic E-state index is 0.0775. The Bertz CT molecular complexity index is 785. The highest BCUT2D eigenvalue weighted by atomic mass is 16.3. The van der Waals surface area contributed by atoms with Crippen LogP contribution >= 0.6 is 0 Å². The molecular weight excluding hydrogens is 310 g/mol. The van der Waals surface area contributed by atoms with Crippen LogP contribution in [0.4, 0.5) is 11.4 Å². The fourth-order valence-corrected chi connectivity index (χ4v) is 2.07. The van der Waals surface area contributed by atoms with E-state index in [1.54, 1.807) is 24.3 Å². The maximum absolute atomic E-state index is 12.3. The summed E-state index contributed by atoms with van der Waals surface area (Å²) in [6.45, 7) is 1.39. The number of carbonyl (C=O) groups excluding carboxylic acids is 3. The molecule has 0 aliphatic carbocycles. The summed E-state index contributed by atoms with van der Waals surface area (Å²) >= 11 is 0. The molecule has 0 aromatic heterocycles. The first-order valence-electron chi connectivity index (χ1n) is 7.15. The SMILES string of the molecule is CNC(=O)c1cc(O)ccc1NC(=O)c1ccc(NC(C)=O)cc1. The summed E-state index contributed by atoms with van der Waals surface area (Å²) < 4.78 is 0. The van der Waals surface area contributed by atoms with Gasteiger partial charge in [-0.2, -0.15) is 0 Å². The lowest BCUT2D eigenvalue weighted by molar-refractivity contribution is -0.114. The second kappa shape index (κ2) is 7.28. The van der Waals surface area contributed by atoms with Crippen LogP contribution in [-0.2, 0) is 4.79 Å². The Balaban J connectivity index is 2.20. The Kier molecular flexibility index (Phi) is 5.16. The highest BCUT2D eigenvalue weighted by molar-refractivity contribution is 6.09. The average Bonchev–Trinajstić information content (AvgIpc) is 2.55. The second-order valence-corrected chi connectivity index (χ2v) is 5.02. The summed E-state index contributed by atoms with van der Waals surface area (Å²) in [6, 6.07) is 10.4. The molecule has 2 rings (SSSR count). The first-order chi connectivity index (χ1) is 11.4. The number of nitrogens with one attached hydrogen (secondary N) is 3. The van der Waals surface area contributed by atoms with E-state index in [1.165, 1.54) is 32.2 Å². The molecular formula is C17H17N3O4. The molecule has 2 aromatic rings. The minimum atomic E-state index is -0.429. The van der Waals surface area contributed by atoms with Crippen LogP contribution < -0.4 is 16.0 Å². The highest BCUT2D eigenvalue weighted by Crippen LogP contribution is 2.22. The van der Waals surface area contributed by atoms with Crippen molar-refractivity contribution in [1.82, 2.24) is 5.32 Å². The molecule has 124 valence electrons. The van der Waals surface area contributed by atoms with Crippen LogP contribution in [0.3, 0.4) is 0 Å². The molecule has 0 saturated heterocycles. The number of phenolic OH excluding ortho intramolecular Hbond substituents is 1. The number of phenols is 1. The van der Waals surface area contributed by atoms with Crippen LogP contribution in [0.5, 0.6) is 5.75 Å². The van der Waals surface area contributed by atoms with E-state index in [2.05, 4.69) is 16.0 Å². The van der Waals surface area contributed by atoms with Gasteiger partial charge in [-0.15, -0.1) is 0 Å². The molecule has 7 heteroatoms. The fraction of sp³-hybridized carbons (Fsp3) is 0.118. The first kappa shape index (κ1) is 17.0. The molecule has 0 aliphatic heterocycles. The summed E-state index contributed by atoms with van der Waals surface area (Å²) in [5, 5.41) is 17.2. The Labute approximate surface area is 138 Å². The van der Waals surface area contributed by atoms with Crippen molar-refractivity contribution in [2.45, 2.75) is 6.92 Å². The van der Waals surface area contributed by atoms with Crippen LogP contribution in [0.1, 0.15) is 27.6 Å². The molecule has 0 aliphatic rings. The molecule has 24 heavy (non-hydrogen) atoms. The third-order valence-corrected chi connectivity index (χ3v) is 3.19. The van der Waals surface area contributed by atoms with Crippen LogP contribution in [0.15, 0.2) is 42.5 Å². The number of benzene rings is 2. The molecule has 0 fully saturated rings. The molecule has 4 N–H and O–H groups in total. The Morgan fingerprint density at radius 2 is 1.58 bits per heavy atom. The quantitative estimate of drug-likeness (QED) is 0.644. The van der Waals surface area contributed by atoms with Gasteiger partial charge in [0, 0.05) is 25.2 Å². The summed E-state index contributed by atoms with van der Waals surface area (Å²) in [5.74, 6) is -1.12. The third-order valence-electron chi connectivity index (χ3n) is 3.19. The standard InChI is InChI=1S/C17H17N3O4/c1-10(21)19-12-5-3-11(4-6-12)16(23)20-15-8-7-13(22)9-14(15)17(24)18-2/h3-9,22H,1-2H3,(H,18,24)(H,19,21)(H,20,23). The monoisotopic (exact) mass is 327 g/mol. The lowest BCUT2D eigenvalue weighted by Gasteiger charge is -2.11. The zero-order valence-corrected chi connectivity index (χ0v) is 13.2. The van der Waals surface area contributed by atoms with Crippen molar-refractivity contribution in [3.63, 3.8) is 0 Å². The Morgan fingerprint density at radius 3 is 2.17 bits per heavy atom. The van der Waals surface area contributed by atoms with Gasteiger partial charge >= 0.3 is 0 Å². The minimum Gasteiger partial charge on any atom is -0.508 e. The van der Waals surface area contributed by atoms with Gasteiger partial charge in [-0.25, -0.2) is 0 Å². The van der Waals surface area contributed by atoms with Gasteiger partial charge in [0.2, 0.25) is 5.91 Å². The molecule has 0 unspecified atom stereocenters. The topological polar surface area (TPSA) is 108 Å². The largest absolute Gasteiger partial charge is 0.508 e. The normalized spacial score (nSPS) is 9.92. The van der Waals surface area contributed by atoms with Crippen molar-refractivity contribution >= 4 is 29.1 Å². The zero-order chi connectivity index (χ0) is 17.7. The highest BCUT2D eigenvalue weighted by Gasteiger charge is 2.14. The molecule has 0 spiro atoms. The fourth-order valence-electron chi connectivity index (χ4n) is 2.07. The number of rotatable bonds is 4. The van der Waals surface area contributed by atoms with Crippen LogP contribution in [0.25, 0.3) is 0 Å². The number of amides is 3. The maximum atomic E-state index is 12.3. The molecule has 0 heterocycles. The van der Waals surface area contributed by atoms with Crippen LogP contribution in [-0.4, -0.2) is 29.9 Å². The molecule has 3 amide bonds. The van der Waals surface area contributed by atoms with Gasteiger partial charge < -0.3 is 21.1 Å². The van der Waals surface area contributed by atoms with Gasteiger partial charge in [-0.3, -0.25) is 14.4 Å². The predicted molar refractivity (Wildman–Crippen MR) is 90.2 cm³/mol. The summed E-state index contributed by atoms with van der Waals surface area (Å²) in [7, 11) is 1.46. The maximum Gasteiger partial charge on any atom is 0.255 e. The van der Waals surface area contributed by atoms with Gasteiger partial charge in [0.15, 0.2) is 0 Å². The van der Waals surface area contributed by atoms with Crippen molar-refractivity contribution in [3.8, 4) is 5.75 Å². The van der Waals surface area contributed by atoms with Crippen molar-refractivity contribution in [1.29, 1.82) is 0 Å². The van der Waals surface area contributed by atoms with E-state index in [0.717, 1.165) is 0 Å². The van der Waals surface area contributed by atoms with Crippen LogP contribution in [0.2, 0.25) is 0 Å². The number of hydrogen-bond acceptors (Lipinski definition) is 4. The number of hydrogen-bond donors (Lipinski definition) is 4. The van der Waals surface area contributed by atoms with Crippen molar-refractivity contribution in [3.05, 3.63) is 53.6 Å². The molecule has 0 radical (unpaired) electrons. The smallest absolute Gasteiger partial charge is 0.255 e. The Hall–Kier alpha value is -3.35. The lowest BCUT2D eigenvalue weighted by atomic mass is 10.1. The van der Waals surface area contributed by atoms with E-state index in [1.807, 2.05) is 0 Å². The molecule has 2 aromatic carbocycles. The molecule has 7 nitrogen and oxygen atoms in total. The second-order valence-electron chi connectivity index (χ2n) is 5.02. The first-order valence-corrected chi connectivity index (χ1v) is 7.15. The zero-order valence-electron chi connectivity index (χ0n) is 13.2. The van der Waals surface area contributed by atoms with E-state index in [9.17, 15) is 19.5 Å². The molecule has 0 atom stereocenters. The van der Waals surface area contributed by atoms with Gasteiger partial charge in [0.25, 0.3) is 11.8 Å². The lowest BCUT2D eigenvalue weighted by Crippen LogP contribution is -2.21. The summed E-state index contributed by atoms with van der Waals surface area (Å²) in [4.78, 5) is 35.1. The predicted octanol–water partition coefficient (Wildman–Crippen LogP) is 1.96. The van der Waals surface area contributed by atoms with E-state index in [4.69, 9.17) is 0 Å². The number of anilines is 2. The summed E-state index contributed by atoms with van der Waals surface area (Å²) in [6.07, 6.45) is 0.